The number of nitrogen functional groups attached to an aromatic ring is 1. The van der Waals surface area contributed by atoms with Crippen LogP contribution in [0.1, 0.15) is 18.1 Å². The summed E-state index contributed by atoms with van der Waals surface area (Å²) in [5.74, 6) is 1.13. The molecule has 0 unspecified atom stereocenters. The molecule has 0 saturated heterocycles. The lowest BCUT2D eigenvalue weighted by Crippen LogP contribution is -2.03. The van der Waals surface area contributed by atoms with Crippen LogP contribution in [0.15, 0.2) is 36.4 Å². The van der Waals surface area contributed by atoms with Crippen LogP contribution in [0.4, 0.5) is 10.1 Å². The van der Waals surface area contributed by atoms with Gasteiger partial charge in [0, 0.05) is 11.3 Å². The molecular weight excluding hydrogens is 257 g/mol. The number of hydrogen-bond acceptors (Lipinski definition) is 3. The van der Waals surface area contributed by atoms with Gasteiger partial charge in [0.1, 0.15) is 23.9 Å². The highest BCUT2D eigenvalue weighted by molar-refractivity contribution is 5.48. The summed E-state index contributed by atoms with van der Waals surface area (Å²) in [5, 5.41) is 0. The smallest absolute Gasteiger partial charge is 0.126 e. The minimum absolute atomic E-state index is 0.270. The Labute approximate surface area is 118 Å². The van der Waals surface area contributed by atoms with Gasteiger partial charge in [-0.25, -0.2) is 4.39 Å². The zero-order valence-corrected chi connectivity index (χ0v) is 11.7. The van der Waals surface area contributed by atoms with Gasteiger partial charge in [-0.3, -0.25) is 0 Å². The van der Waals surface area contributed by atoms with Gasteiger partial charge in [0.05, 0.1) is 6.61 Å². The van der Waals surface area contributed by atoms with Crippen LogP contribution in [0.2, 0.25) is 0 Å². The largest absolute Gasteiger partial charge is 0.493 e. The lowest BCUT2D eigenvalue weighted by Gasteiger charge is -2.13. The molecule has 2 N–H and O–H groups in total. The van der Waals surface area contributed by atoms with Crippen molar-refractivity contribution in [2.45, 2.75) is 20.5 Å². The first-order valence-electron chi connectivity index (χ1n) is 6.50. The maximum absolute atomic E-state index is 13.0. The molecule has 0 atom stereocenters. The van der Waals surface area contributed by atoms with Gasteiger partial charge in [-0.1, -0.05) is 0 Å². The predicted octanol–water partition coefficient (Wildman–Crippen LogP) is 3.69. The Morgan fingerprint density at radius 2 is 1.80 bits per heavy atom. The Balaban J connectivity index is 2.15. The number of aryl methyl sites for hydroxylation is 1. The molecule has 20 heavy (non-hydrogen) atoms. The quantitative estimate of drug-likeness (QED) is 0.846. The third-order valence-electron chi connectivity index (χ3n) is 2.90. The van der Waals surface area contributed by atoms with Crippen molar-refractivity contribution in [1.82, 2.24) is 0 Å². The number of benzene rings is 2. The number of rotatable bonds is 5. The summed E-state index contributed by atoms with van der Waals surface area (Å²) in [5.41, 5.74) is 8.06. The summed E-state index contributed by atoms with van der Waals surface area (Å²) in [4.78, 5) is 0. The van der Waals surface area contributed by atoms with Crippen molar-refractivity contribution in [1.29, 1.82) is 0 Å². The fraction of sp³-hybridized carbons (Fsp3) is 0.250. The summed E-state index contributed by atoms with van der Waals surface area (Å²) in [6, 6.07) is 9.89. The third kappa shape index (κ3) is 3.41. The number of anilines is 1. The molecule has 2 aromatic carbocycles. The molecule has 2 rings (SSSR count). The van der Waals surface area contributed by atoms with E-state index in [4.69, 9.17) is 15.2 Å². The van der Waals surface area contributed by atoms with Gasteiger partial charge in [0.25, 0.3) is 0 Å². The topological polar surface area (TPSA) is 44.5 Å². The van der Waals surface area contributed by atoms with Crippen molar-refractivity contribution in [3.8, 4) is 11.5 Å². The summed E-state index contributed by atoms with van der Waals surface area (Å²) in [7, 11) is 0. The molecule has 0 radical (unpaired) electrons. The van der Waals surface area contributed by atoms with Crippen LogP contribution in [0.3, 0.4) is 0 Å². The van der Waals surface area contributed by atoms with E-state index >= 15 is 0 Å². The molecule has 0 aliphatic heterocycles. The minimum Gasteiger partial charge on any atom is -0.493 e. The molecule has 0 bridgehead atoms. The van der Waals surface area contributed by atoms with E-state index in [2.05, 4.69) is 0 Å². The van der Waals surface area contributed by atoms with E-state index in [9.17, 15) is 4.39 Å². The van der Waals surface area contributed by atoms with Gasteiger partial charge >= 0.3 is 0 Å². The summed E-state index contributed by atoms with van der Waals surface area (Å²) < 4.78 is 24.3. The molecule has 0 spiro atoms. The monoisotopic (exact) mass is 275 g/mol. The highest BCUT2D eigenvalue weighted by atomic mass is 19.1. The van der Waals surface area contributed by atoms with Gasteiger partial charge < -0.3 is 15.2 Å². The highest BCUT2D eigenvalue weighted by Crippen LogP contribution is 2.25. The Kier molecular flexibility index (Phi) is 4.45. The Hall–Kier alpha value is -2.23. The highest BCUT2D eigenvalue weighted by Gasteiger charge is 2.07. The summed E-state index contributed by atoms with van der Waals surface area (Å²) in [6.07, 6.45) is 0. The second-order valence-corrected chi connectivity index (χ2v) is 4.50. The minimum atomic E-state index is -0.270. The maximum atomic E-state index is 13.0. The average Bonchev–Trinajstić information content (AvgIpc) is 2.41. The molecule has 0 aliphatic carbocycles. The van der Waals surface area contributed by atoms with E-state index in [0.29, 0.717) is 24.7 Å². The average molecular weight is 275 g/mol. The van der Waals surface area contributed by atoms with Crippen molar-refractivity contribution in [3.63, 3.8) is 0 Å². The number of ether oxygens (including phenoxy) is 2. The third-order valence-corrected chi connectivity index (χ3v) is 2.90. The first-order chi connectivity index (χ1) is 9.60. The van der Waals surface area contributed by atoms with Crippen molar-refractivity contribution >= 4 is 5.69 Å². The summed E-state index contributed by atoms with van der Waals surface area (Å²) >= 11 is 0. The zero-order valence-electron chi connectivity index (χ0n) is 11.7. The zero-order chi connectivity index (χ0) is 14.5. The van der Waals surface area contributed by atoms with Crippen molar-refractivity contribution < 1.29 is 13.9 Å². The van der Waals surface area contributed by atoms with Crippen molar-refractivity contribution in [3.05, 3.63) is 53.3 Å². The molecule has 0 heterocycles. The van der Waals surface area contributed by atoms with Crippen molar-refractivity contribution in [2.24, 2.45) is 0 Å². The van der Waals surface area contributed by atoms with Gasteiger partial charge in [0.2, 0.25) is 0 Å². The van der Waals surface area contributed by atoms with Crippen LogP contribution in [0.5, 0.6) is 11.5 Å². The molecule has 0 fully saturated rings. The number of hydrogen-bond donors (Lipinski definition) is 1. The Bertz CT molecular complexity index is 599. The first-order valence-corrected chi connectivity index (χ1v) is 6.50. The maximum Gasteiger partial charge on any atom is 0.126 e. The molecular formula is C16H18FNO2. The first kappa shape index (κ1) is 14.2. The molecule has 4 heteroatoms. The van der Waals surface area contributed by atoms with Gasteiger partial charge in [-0.05, 0) is 55.8 Å². The molecule has 0 aromatic heterocycles. The lowest BCUT2D eigenvalue weighted by molar-refractivity contribution is 0.284. The van der Waals surface area contributed by atoms with E-state index in [1.807, 2.05) is 19.1 Å². The molecule has 3 nitrogen and oxygen atoms in total. The van der Waals surface area contributed by atoms with Gasteiger partial charge in [-0.15, -0.1) is 0 Å². The second kappa shape index (κ2) is 6.28. The van der Waals surface area contributed by atoms with Crippen LogP contribution < -0.4 is 15.2 Å². The van der Waals surface area contributed by atoms with E-state index in [1.54, 1.807) is 19.1 Å². The van der Waals surface area contributed by atoms with E-state index in [1.165, 1.54) is 12.1 Å². The lowest BCUT2D eigenvalue weighted by atomic mass is 10.2. The number of nitrogens with two attached hydrogens (primary N) is 1. The molecule has 106 valence electrons. The van der Waals surface area contributed by atoms with E-state index in [0.717, 1.165) is 16.9 Å². The Morgan fingerprint density at radius 1 is 1.05 bits per heavy atom. The van der Waals surface area contributed by atoms with Crippen LogP contribution in [-0.4, -0.2) is 6.61 Å². The van der Waals surface area contributed by atoms with Crippen LogP contribution >= 0.6 is 0 Å². The standard InChI is InChI=1S/C16H18FNO2/c1-3-19-16-7-5-14(18)9-12(16)10-20-15-6-4-13(17)8-11(15)2/h4-9H,3,10,18H2,1-2H3. The second-order valence-electron chi connectivity index (χ2n) is 4.50. The van der Waals surface area contributed by atoms with E-state index in [-0.39, 0.29) is 5.82 Å². The van der Waals surface area contributed by atoms with Gasteiger partial charge in [-0.2, -0.15) is 0 Å². The fourth-order valence-corrected chi connectivity index (χ4v) is 1.94. The molecule has 0 amide bonds. The van der Waals surface area contributed by atoms with E-state index < -0.39 is 0 Å². The molecule has 0 aliphatic rings. The summed E-state index contributed by atoms with van der Waals surface area (Å²) in [6.45, 7) is 4.63. The van der Waals surface area contributed by atoms with Crippen molar-refractivity contribution in [2.75, 3.05) is 12.3 Å². The molecule has 2 aromatic rings. The van der Waals surface area contributed by atoms with Crippen LogP contribution in [0, 0.1) is 12.7 Å². The normalized spacial score (nSPS) is 10.3. The van der Waals surface area contributed by atoms with Crippen LogP contribution in [0.25, 0.3) is 0 Å². The Morgan fingerprint density at radius 3 is 2.50 bits per heavy atom. The predicted molar refractivity (Wildman–Crippen MR) is 77.5 cm³/mol. The van der Waals surface area contributed by atoms with Gasteiger partial charge in [0.15, 0.2) is 0 Å². The van der Waals surface area contributed by atoms with Crippen LogP contribution in [-0.2, 0) is 6.61 Å². The fourth-order valence-electron chi connectivity index (χ4n) is 1.94. The number of halogens is 1. The molecule has 0 saturated carbocycles. The SMILES string of the molecule is CCOc1ccc(N)cc1COc1ccc(F)cc1C.